The van der Waals surface area contributed by atoms with Gasteiger partial charge in [0.25, 0.3) is 0 Å². The van der Waals surface area contributed by atoms with E-state index in [2.05, 4.69) is 19.5 Å². The Morgan fingerprint density at radius 3 is 3.44 bits per heavy atom. The van der Waals surface area contributed by atoms with Gasteiger partial charge in [-0.3, -0.25) is 0 Å². The number of rotatable bonds is 0. The minimum absolute atomic E-state index is 0.642. The van der Waals surface area contributed by atoms with Gasteiger partial charge in [-0.25, -0.2) is 0 Å². The summed E-state index contributed by atoms with van der Waals surface area (Å²) >= 11 is 0. The molecule has 2 saturated heterocycles. The Morgan fingerprint density at radius 2 is 2.56 bits per heavy atom. The van der Waals surface area contributed by atoms with E-state index >= 15 is 0 Å². The van der Waals surface area contributed by atoms with Crippen LogP contribution >= 0.6 is 0 Å². The van der Waals surface area contributed by atoms with Gasteiger partial charge in [0.1, 0.15) is 7.28 Å². The first-order chi connectivity index (χ1) is 4.31. The summed E-state index contributed by atoms with van der Waals surface area (Å²) in [6, 6.07) is 0. The molecule has 0 saturated carbocycles. The van der Waals surface area contributed by atoms with E-state index in [0.717, 1.165) is 5.82 Å². The van der Waals surface area contributed by atoms with Crippen LogP contribution in [0, 0.1) is 0 Å². The summed E-state index contributed by atoms with van der Waals surface area (Å²) in [6.07, 6.45) is 2.77. The molecule has 0 bridgehead atoms. The molecule has 2 fully saturated rings. The second kappa shape index (κ2) is 1.75. The van der Waals surface area contributed by atoms with E-state index < -0.39 is 0 Å². The molecule has 1 N–H and O–H groups in total. The molecule has 2 atom stereocenters. The van der Waals surface area contributed by atoms with Crippen molar-refractivity contribution in [3.05, 3.63) is 0 Å². The summed E-state index contributed by atoms with van der Waals surface area (Å²) in [5.74, 6) is 0.903. The minimum Gasteiger partial charge on any atom is -0.317 e. The lowest BCUT2D eigenvalue weighted by Gasteiger charge is -2.05. The molecule has 49 valence electrons. The third-order valence-corrected chi connectivity index (χ3v) is 2.75. The Morgan fingerprint density at radius 1 is 1.67 bits per heavy atom. The van der Waals surface area contributed by atoms with Crippen molar-refractivity contribution in [3.8, 4) is 0 Å². The normalized spacial score (nSPS) is 48.8. The van der Waals surface area contributed by atoms with Gasteiger partial charge in [0, 0.05) is 0 Å². The van der Waals surface area contributed by atoms with Gasteiger partial charge in [-0.1, -0.05) is 24.5 Å². The molecule has 0 spiro atoms. The van der Waals surface area contributed by atoms with Crippen LogP contribution in [0.1, 0.15) is 19.8 Å². The van der Waals surface area contributed by atoms with Gasteiger partial charge >= 0.3 is 0 Å². The number of hydrogen-bond donors (Lipinski definition) is 1. The number of nitrogens with one attached hydrogen (secondary N) is 1. The largest absolute Gasteiger partial charge is 0.317 e. The van der Waals surface area contributed by atoms with Crippen LogP contribution in [0.2, 0.25) is 11.1 Å². The molecule has 0 aromatic rings. The van der Waals surface area contributed by atoms with Crippen LogP contribution in [0.3, 0.4) is 0 Å². The van der Waals surface area contributed by atoms with Crippen molar-refractivity contribution in [2.75, 3.05) is 13.1 Å². The maximum absolute atomic E-state index is 3.43. The molecule has 2 aliphatic heterocycles. The Balaban J connectivity index is 2.00. The molecule has 1 unspecified atom stereocenters. The quantitative estimate of drug-likeness (QED) is 0.473. The Hall–Kier alpha value is 0.0249. The average Bonchev–Trinajstić information content (AvgIpc) is 2.40. The van der Waals surface area contributed by atoms with Gasteiger partial charge in [-0.05, 0) is 19.5 Å². The molecule has 2 heteroatoms. The SMILES string of the molecule is C[C@]12[B]C1CNCCC2. The third-order valence-electron chi connectivity index (χ3n) is 2.75. The zero-order valence-electron chi connectivity index (χ0n) is 5.98. The van der Waals surface area contributed by atoms with Gasteiger partial charge < -0.3 is 5.32 Å². The lowest BCUT2D eigenvalue weighted by Crippen LogP contribution is -2.14. The van der Waals surface area contributed by atoms with Crippen molar-refractivity contribution in [3.63, 3.8) is 0 Å². The lowest BCUT2D eigenvalue weighted by molar-refractivity contribution is 0.633. The fourth-order valence-corrected chi connectivity index (χ4v) is 1.82. The Bertz CT molecular complexity index is 126. The summed E-state index contributed by atoms with van der Waals surface area (Å²) in [7, 11) is 2.49. The van der Waals surface area contributed by atoms with E-state index in [1.54, 1.807) is 0 Å². The highest BCUT2D eigenvalue weighted by molar-refractivity contribution is 6.56. The second-order valence-electron chi connectivity index (χ2n) is 3.59. The van der Waals surface area contributed by atoms with Crippen molar-refractivity contribution >= 4 is 7.28 Å². The zero-order chi connectivity index (χ0) is 6.32. The van der Waals surface area contributed by atoms with Gasteiger partial charge in [0.05, 0.1) is 0 Å². The Kier molecular flexibility index (Phi) is 1.13. The topological polar surface area (TPSA) is 12.0 Å². The van der Waals surface area contributed by atoms with Crippen molar-refractivity contribution in [2.45, 2.75) is 30.9 Å². The third kappa shape index (κ3) is 0.897. The first-order valence-corrected chi connectivity index (χ1v) is 3.88. The van der Waals surface area contributed by atoms with Crippen LogP contribution < -0.4 is 5.32 Å². The van der Waals surface area contributed by atoms with E-state index in [9.17, 15) is 0 Å². The van der Waals surface area contributed by atoms with Crippen molar-refractivity contribution in [1.29, 1.82) is 0 Å². The molecule has 2 heterocycles. The van der Waals surface area contributed by atoms with Crippen molar-refractivity contribution in [1.82, 2.24) is 5.32 Å². The molecule has 0 aliphatic carbocycles. The molecule has 2 rings (SSSR count). The van der Waals surface area contributed by atoms with Crippen LogP contribution in [0.15, 0.2) is 0 Å². The minimum atomic E-state index is 0.642. The summed E-state index contributed by atoms with van der Waals surface area (Å²) in [4.78, 5) is 0. The monoisotopic (exact) mass is 122 g/mol. The first-order valence-electron chi connectivity index (χ1n) is 3.88. The van der Waals surface area contributed by atoms with E-state index in [1.807, 2.05) is 0 Å². The predicted octanol–water partition coefficient (Wildman–Crippen LogP) is 1.05. The highest BCUT2D eigenvalue weighted by Crippen LogP contribution is 2.59. The van der Waals surface area contributed by atoms with Crippen molar-refractivity contribution < 1.29 is 0 Å². The molecular formula is C7H13BN. The predicted molar refractivity (Wildman–Crippen MR) is 40.0 cm³/mol. The second-order valence-corrected chi connectivity index (χ2v) is 3.59. The summed E-state index contributed by atoms with van der Waals surface area (Å²) in [6.45, 7) is 4.85. The molecule has 0 amide bonds. The standard InChI is InChI=1S/C7H13BN/c1-7-3-2-4-9-5-6(7)8-7/h6,9H,2-5H2,1H3/t6?,7-/m1/s1. The smallest absolute Gasteiger partial charge is 0.122 e. The summed E-state index contributed by atoms with van der Waals surface area (Å²) < 4.78 is 0. The molecule has 9 heavy (non-hydrogen) atoms. The van der Waals surface area contributed by atoms with Gasteiger partial charge in [0.15, 0.2) is 0 Å². The fraction of sp³-hybridized carbons (Fsp3) is 1.00. The van der Waals surface area contributed by atoms with Crippen LogP contribution in [-0.2, 0) is 0 Å². The lowest BCUT2D eigenvalue weighted by atomic mass is 9.85. The van der Waals surface area contributed by atoms with E-state index in [4.69, 9.17) is 0 Å². The van der Waals surface area contributed by atoms with Crippen LogP contribution in [0.4, 0.5) is 0 Å². The zero-order valence-corrected chi connectivity index (χ0v) is 5.98. The maximum atomic E-state index is 3.43. The van der Waals surface area contributed by atoms with Crippen LogP contribution in [-0.4, -0.2) is 20.4 Å². The maximum Gasteiger partial charge on any atom is 0.122 e. The number of fused-ring (bicyclic) bond motifs is 1. The molecule has 0 aromatic heterocycles. The molecule has 0 aromatic carbocycles. The molecule has 2 aliphatic rings. The van der Waals surface area contributed by atoms with E-state index in [0.29, 0.717) is 5.31 Å². The molecule has 1 nitrogen and oxygen atoms in total. The first kappa shape index (κ1) is 5.78. The van der Waals surface area contributed by atoms with E-state index in [1.165, 1.54) is 25.9 Å². The van der Waals surface area contributed by atoms with E-state index in [-0.39, 0.29) is 0 Å². The highest BCUT2D eigenvalue weighted by Gasteiger charge is 2.50. The molecular weight excluding hydrogens is 109 g/mol. The summed E-state index contributed by atoms with van der Waals surface area (Å²) in [5.41, 5.74) is 0. The van der Waals surface area contributed by atoms with Gasteiger partial charge in [-0.15, -0.1) is 0 Å². The molecule has 1 radical (unpaired) electrons. The van der Waals surface area contributed by atoms with Crippen LogP contribution in [0.5, 0.6) is 0 Å². The van der Waals surface area contributed by atoms with Crippen LogP contribution in [0.25, 0.3) is 0 Å². The van der Waals surface area contributed by atoms with Gasteiger partial charge in [-0.2, -0.15) is 0 Å². The fourth-order valence-electron chi connectivity index (χ4n) is 1.82. The summed E-state index contributed by atoms with van der Waals surface area (Å²) in [5, 5.41) is 4.07. The van der Waals surface area contributed by atoms with Crippen molar-refractivity contribution in [2.24, 2.45) is 0 Å². The van der Waals surface area contributed by atoms with Gasteiger partial charge in [0.2, 0.25) is 0 Å². The number of hydrogen-bond acceptors (Lipinski definition) is 1. The Labute approximate surface area is 57.5 Å². The average molecular weight is 122 g/mol. The highest BCUT2D eigenvalue weighted by atomic mass is 14.9.